The molecule has 0 bridgehead atoms. The van der Waals surface area contributed by atoms with E-state index in [1.807, 2.05) is 20.2 Å². The van der Waals surface area contributed by atoms with Crippen LogP contribution in [0.3, 0.4) is 0 Å². The first-order valence-electron chi connectivity index (χ1n) is 5.67. The van der Waals surface area contributed by atoms with E-state index in [-0.39, 0.29) is 0 Å². The molecule has 0 aliphatic rings. The van der Waals surface area contributed by atoms with Gasteiger partial charge in [-0.25, -0.2) is 0 Å². The van der Waals surface area contributed by atoms with Gasteiger partial charge < -0.3 is 10.4 Å². The largest absolute Gasteiger partial charge is 0.389 e. The molecule has 1 atom stereocenters. The summed E-state index contributed by atoms with van der Waals surface area (Å²) in [5, 5.41) is 21.1. The van der Waals surface area contributed by atoms with Crippen LogP contribution in [0.15, 0.2) is 6.20 Å². The van der Waals surface area contributed by atoms with Gasteiger partial charge in [-0.1, -0.05) is 19.1 Å². The molecule has 0 aromatic carbocycles. The first-order chi connectivity index (χ1) is 7.39. The molecule has 0 saturated heterocycles. The van der Waals surface area contributed by atoms with Gasteiger partial charge >= 0.3 is 0 Å². The predicted octanol–water partition coefficient (Wildman–Crippen LogP) is 0.702. The summed E-state index contributed by atoms with van der Waals surface area (Å²) in [5.74, 6) is 0.494. The number of nitrogens with one attached hydrogen (secondary N) is 1. The van der Waals surface area contributed by atoms with Crippen molar-refractivity contribution in [2.24, 2.45) is 13.0 Å². The normalized spacial score (nSPS) is 15.4. The van der Waals surface area contributed by atoms with Crippen molar-refractivity contribution in [3.8, 4) is 0 Å². The molecule has 0 aliphatic heterocycles. The standard InChI is InChI=1S/C11H22N4O/c1-9(2)5-11(3,16)8-12-6-10-7-15(4)14-13-10/h7,9,12,16H,5-6,8H2,1-4H3. The lowest BCUT2D eigenvalue weighted by Gasteiger charge is -2.25. The number of hydrogen-bond acceptors (Lipinski definition) is 4. The van der Waals surface area contributed by atoms with Crippen molar-refractivity contribution in [2.45, 2.75) is 39.3 Å². The molecule has 1 rings (SSSR count). The fourth-order valence-corrected chi connectivity index (χ4v) is 1.89. The first-order valence-corrected chi connectivity index (χ1v) is 5.67. The molecule has 5 nitrogen and oxygen atoms in total. The summed E-state index contributed by atoms with van der Waals surface area (Å²) in [6.45, 7) is 7.29. The quantitative estimate of drug-likeness (QED) is 0.749. The maximum Gasteiger partial charge on any atom is 0.0964 e. The number of aliphatic hydroxyl groups is 1. The second kappa shape index (κ2) is 5.41. The Morgan fingerprint density at radius 3 is 2.75 bits per heavy atom. The maximum absolute atomic E-state index is 10.1. The zero-order valence-corrected chi connectivity index (χ0v) is 10.6. The highest BCUT2D eigenvalue weighted by atomic mass is 16.3. The van der Waals surface area contributed by atoms with Crippen LogP contribution in [-0.2, 0) is 13.6 Å². The van der Waals surface area contributed by atoms with Gasteiger partial charge in [0.1, 0.15) is 0 Å². The van der Waals surface area contributed by atoms with Gasteiger partial charge in [-0.05, 0) is 19.3 Å². The number of aromatic nitrogens is 3. The van der Waals surface area contributed by atoms with Crippen LogP contribution in [0.4, 0.5) is 0 Å². The van der Waals surface area contributed by atoms with E-state index in [0.29, 0.717) is 19.0 Å². The smallest absolute Gasteiger partial charge is 0.0964 e. The Balaban J connectivity index is 2.29. The number of hydrogen-bond donors (Lipinski definition) is 2. The Morgan fingerprint density at radius 1 is 1.56 bits per heavy atom. The molecular formula is C11H22N4O. The highest BCUT2D eigenvalue weighted by molar-refractivity contribution is 4.91. The Hall–Kier alpha value is -0.940. The third-order valence-electron chi connectivity index (χ3n) is 2.31. The Kier molecular flexibility index (Phi) is 4.44. The van der Waals surface area contributed by atoms with Gasteiger partial charge in [-0.2, -0.15) is 0 Å². The molecule has 0 aliphatic carbocycles. The lowest BCUT2D eigenvalue weighted by molar-refractivity contribution is 0.0382. The monoisotopic (exact) mass is 226 g/mol. The zero-order chi connectivity index (χ0) is 12.2. The van der Waals surface area contributed by atoms with E-state index in [1.165, 1.54) is 0 Å². The minimum absolute atomic E-state index is 0.494. The van der Waals surface area contributed by atoms with Gasteiger partial charge in [0.05, 0.1) is 11.3 Å². The minimum atomic E-state index is -0.656. The predicted molar refractivity (Wildman–Crippen MR) is 62.8 cm³/mol. The zero-order valence-electron chi connectivity index (χ0n) is 10.6. The molecule has 92 valence electrons. The summed E-state index contributed by atoms with van der Waals surface area (Å²) in [5.41, 5.74) is 0.235. The molecule has 0 amide bonds. The van der Waals surface area contributed by atoms with Crippen LogP contribution < -0.4 is 5.32 Å². The Bertz CT molecular complexity index is 320. The van der Waals surface area contributed by atoms with Crippen molar-refractivity contribution >= 4 is 0 Å². The van der Waals surface area contributed by atoms with Crippen molar-refractivity contribution in [3.05, 3.63) is 11.9 Å². The van der Waals surface area contributed by atoms with Crippen molar-refractivity contribution in [1.29, 1.82) is 0 Å². The van der Waals surface area contributed by atoms with Gasteiger partial charge in [0.2, 0.25) is 0 Å². The topological polar surface area (TPSA) is 63.0 Å². The van der Waals surface area contributed by atoms with Crippen molar-refractivity contribution in [2.75, 3.05) is 6.54 Å². The van der Waals surface area contributed by atoms with Crippen molar-refractivity contribution in [1.82, 2.24) is 20.3 Å². The van der Waals surface area contributed by atoms with E-state index in [2.05, 4.69) is 29.5 Å². The second-order valence-electron chi connectivity index (χ2n) is 5.08. The average molecular weight is 226 g/mol. The summed E-state index contributed by atoms with van der Waals surface area (Å²) >= 11 is 0. The van der Waals surface area contributed by atoms with E-state index in [1.54, 1.807) is 4.68 Å². The molecule has 1 heterocycles. The van der Waals surface area contributed by atoms with Crippen LogP contribution in [0.5, 0.6) is 0 Å². The highest BCUT2D eigenvalue weighted by Crippen LogP contribution is 2.15. The molecule has 1 aromatic heterocycles. The summed E-state index contributed by atoms with van der Waals surface area (Å²) in [6, 6.07) is 0. The van der Waals surface area contributed by atoms with Crippen LogP contribution in [0.2, 0.25) is 0 Å². The third kappa shape index (κ3) is 4.72. The lowest BCUT2D eigenvalue weighted by Crippen LogP contribution is -2.38. The van der Waals surface area contributed by atoms with Gasteiger partial charge in [-0.3, -0.25) is 4.68 Å². The maximum atomic E-state index is 10.1. The Labute approximate surface area is 96.9 Å². The number of aryl methyl sites for hydroxylation is 1. The molecule has 1 aromatic rings. The number of nitrogens with zero attached hydrogens (tertiary/aromatic N) is 3. The van der Waals surface area contributed by atoms with Crippen LogP contribution in [0, 0.1) is 5.92 Å². The minimum Gasteiger partial charge on any atom is -0.389 e. The molecular weight excluding hydrogens is 204 g/mol. The van der Waals surface area contributed by atoms with E-state index >= 15 is 0 Å². The van der Waals surface area contributed by atoms with Crippen molar-refractivity contribution < 1.29 is 5.11 Å². The average Bonchev–Trinajstić information content (AvgIpc) is 2.48. The van der Waals surface area contributed by atoms with Gasteiger partial charge in [0.15, 0.2) is 0 Å². The molecule has 16 heavy (non-hydrogen) atoms. The summed E-state index contributed by atoms with van der Waals surface area (Å²) in [6.07, 6.45) is 2.66. The lowest BCUT2D eigenvalue weighted by atomic mass is 9.94. The fraction of sp³-hybridized carbons (Fsp3) is 0.818. The molecule has 0 radical (unpaired) electrons. The molecule has 0 fully saturated rings. The van der Waals surface area contributed by atoms with Crippen LogP contribution in [-0.4, -0.2) is 32.2 Å². The van der Waals surface area contributed by atoms with E-state index < -0.39 is 5.60 Å². The fourth-order valence-electron chi connectivity index (χ4n) is 1.89. The van der Waals surface area contributed by atoms with Crippen molar-refractivity contribution in [3.63, 3.8) is 0 Å². The molecule has 5 heteroatoms. The molecule has 0 spiro atoms. The molecule has 2 N–H and O–H groups in total. The summed E-state index contributed by atoms with van der Waals surface area (Å²) in [7, 11) is 1.84. The van der Waals surface area contributed by atoms with Gasteiger partial charge in [0, 0.05) is 26.3 Å². The third-order valence-corrected chi connectivity index (χ3v) is 2.31. The van der Waals surface area contributed by atoms with Gasteiger partial charge in [0.25, 0.3) is 0 Å². The van der Waals surface area contributed by atoms with E-state index in [0.717, 1.165) is 12.1 Å². The highest BCUT2D eigenvalue weighted by Gasteiger charge is 2.21. The van der Waals surface area contributed by atoms with Crippen LogP contribution >= 0.6 is 0 Å². The summed E-state index contributed by atoms with van der Waals surface area (Å²) < 4.78 is 1.67. The second-order valence-corrected chi connectivity index (χ2v) is 5.08. The van der Waals surface area contributed by atoms with Crippen LogP contribution in [0.25, 0.3) is 0 Å². The summed E-state index contributed by atoms with van der Waals surface area (Å²) in [4.78, 5) is 0. The van der Waals surface area contributed by atoms with Crippen LogP contribution in [0.1, 0.15) is 32.9 Å². The Morgan fingerprint density at radius 2 is 2.25 bits per heavy atom. The molecule has 1 unspecified atom stereocenters. The van der Waals surface area contributed by atoms with E-state index in [9.17, 15) is 5.11 Å². The van der Waals surface area contributed by atoms with E-state index in [4.69, 9.17) is 0 Å². The van der Waals surface area contributed by atoms with Gasteiger partial charge in [-0.15, -0.1) is 5.10 Å². The number of rotatable bonds is 6. The molecule has 0 saturated carbocycles. The first kappa shape index (κ1) is 13.1. The SMILES string of the molecule is CC(C)CC(C)(O)CNCc1cn(C)nn1.